The summed E-state index contributed by atoms with van der Waals surface area (Å²) < 4.78 is 0. The van der Waals surface area contributed by atoms with E-state index in [-0.39, 0.29) is 40.7 Å². The Hall–Kier alpha value is -1.25. The average molecular weight is 609 g/mol. The predicted octanol–water partition coefficient (Wildman–Crippen LogP) is 9.67. The number of hydrogen-bond donors (Lipinski definition) is 0. The van der Waals surface area contributed by atoms with Gasteiger partial charge in [-0.05, 0) is 0 Å². The number of hydrogen-bond acceptors (Lipinski definition) is 0. The largest absolute Gasteiger partial charge is 4.00 e. The van der Waals surface area contributed by atoms with Crippen LogP contribution in [-0.4, -0.2) is 9.52 Å². The molecule has 0 bridgehead atoms. The van der Waals surface area contributed by atoms with Gasteiger partial charge in [0, 0.05) is 9.52 Å². The summed E-state index contributed by atoms with van der Waals surface area (Å²) in [6.07, 6.45) is 0. The van der Waals surface area contributed by atoms with Crippen LogP contribution in [0.15, 0.2) is 60.7 Å². The molecule has 2 radical (unpaired) electrons. The standard InChI is InChI=1S/2C13H15.C2H6Si.2CH3.Hf/c2*1-9(2)13-10(3)8-11-6-4-5-7-12(11)13;1-3-2;;;/h2*4-9H,1-3H3;1-2H3;2*1H3;/q2*-1;;2*-1;+4. The van der Waals surface area contributed by atoms with Crippen LogP contribution >= 0.6 is 0 Å². The van der Waals surface area contributed by atoms with Crippen molar-refractivity contribution in [1.82, 2.24) is 0 Å². The molecule has 0 aliphatic carbocycles. The van der Waals surface area contributed by atoms with E-state index in [9.17, 15) is 0 Å². The molecule has 0 unspecified atom stereocenters. The maximum atomic E-state index is 2.28. The number of benzene rings is 2. The smallest absolute Gasteiger partial charge is 0.358 e. The maximum absolute atomic E-state index is 2.28. The third-order valence-corrected chi connectivity index (χ3v) is 5.25. The van der Waals surface area contributed by atoms with Gasteiger partial charge in [0.2, 0.25) is 0 Å². The van der Waals surface area contributed by atoms with Crippen LogP contribution in [0, 0.1) is 28.7 Å². The molecule has 0 nitrogen and oxygen atoms in total. The zero-order valence-electron chi connectivity index (χ0n) is 21.9. The fourth-order valence-corrected chi connectivity index (χ4v) is 4.32. The van der Waals surface area contributed by atoms with Gasteiger partial charge in [-0.15, -0.1) is 92.3 Å². The van der Waals surface area contributed by atoms with E-state index in [0.717, 1.165) is 9.52 Å². The normalized spacial score (nSPS) is 9.81. The average Bonchev–Trinajstić information content (AvgIpc) is 3.17. The van der Waals surface area contributed by atoms with Gasteiger partial charge in [0.25, 0.3) is 0 Å². The van der Waals surface area contributed by atoms with Crippen molar-refractivity contribution >= 4 is 31.1 Å². The Balaban J connectivity index is 0. The molecular formula is C30H42HfSi. The fourth-order valence-electron chi connectivity index (χ4n) is 4.32. The quantitative estimate of drug-likeness (QED) is 0.157. The molecule has 0 saturated carbocycles. The van der Waals surface area contributed by atoms with E-state index >= 15 is 0 Å². The van der Waals surface area contributed by atoms with E-state index in [0.29, 0.717) is 11.8 Å². The number of fused-ring (bicyclic) bond motifs is 2. The summed E-state index contributed by atoms with van der Waals surface area (Å²) in [6, 6.07) is 21.8. The molecule has 0 amide bonds. The van der Waals surface area contributed by atoms with Crippen LogP contribution < -0.4 is 0 Å². The molecule has 32 heavy (non-hydrogen) atoms. The molecule has 0 saturated heterocycles. The first-order chi connectivity index (χ1) is 13.8. The molecule has 170 valence electrons. The molecule has 0 aliphatic heterocycles. The van der Waals surface area contributed by atoms with Crippen molar-refractivity contribution in [2.45, 2.75) is 66.5 Å². The molecule has 2 heteroatoms. The van der Waals surface area contributed by atoms with Crippen LogP contribution in [0.4, 0.5) is 0 Å². The summed E-state index contributed by atoms with van der Waals surface area (Å²) in [6.45, 7) is 17.7. The Labute approximate surface area is 220 Å². The SMILES string of the molecule is C[Si]C.Cc1[cH-]c2ccccc2c1C(C)C.Cc1[cH-]c2ccccc2c1C(C)C.[CH3-].[CH3-].[Hf+4]. The van der Waals surface area contributed by atoms with Crippen molar-refractivity contribution in [3.8, 4) is 0 Å². The minimum Gasteiger partial charge on any atom is -0.358 e. The van der Waals surface area contributed by atoms with Gasteiger partial charge < -0.3 is 14.9 Å². The Kier molecular flexibility index (Phi) is 16.0. The van der Waals surface area contributed by atoms with Gasteiger partial charge in [0.1, 0.15) is 0 Å². The molecule has 4 rings (SSSR count). The molecule has 0 heterocycles. The van der Waals surface area contributed by atoms with E-state index in [2.05, 4.69) is 115 Å². The molecule has 0 aliphatic rings. The second-order valence-corrected chi connectivity index (χ2v) is 9.47. The van der Waals surface area contributed by atoms with Crippen LogP contribution in [0.1, 0.15) is 61.8 Å². The summed E-state index contributed by atoms with van der Waals surface area (Å²) in [4.78, 5) is 0. The second kappa shape index (κ2) is 15.6. The van der Waals surface area contributed by atoms with Crippen molar-refractivity contribution in [3.05, 3.63) is 97.8 Å². The van der Waals surface area contributed by atoms with Crippen LogP contribution in [0.5, 0.6) is 0 Å². The summed E-state index contributed by atoms with van der Waals surface area (Å²) in [5.41, 5.74) is 5.87. The zero-order valence-corrected chi connectivity index (χ0v) is 26.5. The van der Waals surface area contributed by atoms with E-state index in [1.54, 1.807) is 0 Å². The maximum Gasteiger partial charge on any atom is 4.00 e. The van der Waals surface area contributed by atoms with Crippen molar-refractivity contribution < 1.29 is 25.8 Å². The molecule has 4 aromatic carbocycles. The monoisotopic (exact) mass is 610 g/mol. The van der Waals surface area contributed by atoms with Crippen LogP contribution in [0.25, 0.3) is 21.5 Å². The molecular weight excluding hydrogens is 567 g/mol. The summed E-state index contributed by atoms with van der Waals surface area (Å²) in [5, 5.41) is 5.61. The van der Waals surface area contributed by atoms with Crippen LogP contribution in [0.2, 0.25) is 13.1 Å². The topological polar surface area (TPSA) is 0 Å². The summed E-state index contributed by atoms with van der Waals surface area (Å²) >= 11 is 0. The molecule has 0 fully saturated rings. The van der Waals surface area contributed by atoms with E-state index < -0.39 is 0 Å². The first-order valence-corrected chi connectivity index (χ1v) is 12.7. The minimum atomic E-state index is 0. The van der Waals surface area contributed by atoms with Crippen LogP contribution in [-0.2, 0) is 25.8 Å². The molecule has 0 N–H and O–H groups in total. The van der Waals surface area contributed by atoms with Gasteiger partial charge in [0.05, 0.1) is 0 Å². The number of aryl methyl sites for hydroxylation is 2. The Bertz CT molecular complexity index is 950. The predicted molar refractivity (Wildman–Crippen MR) is 147 cm³/mol. The Morgan fingerprint density at radius 2 is 0.906 bits per heavy atom. The minimum absolute atomic E-state index is 0. The Morgan fingerprint density at radius 1 is 0.625 bits per heavy atom. The first-order valence-electron chi connectivity index (χ1n) is 10.7. The zero-order chi connectivity index (χ0) is 21.6. The van der Waals surface area contributed by atoms with E-state index in [1.807, 2.05) is 0 Å². The molecule has 0 atom stereocenters. The fraction of sp³-hybridized carbons (Fsp3) is 0.333. The van der Waals surface area contributed by atoms with Crippen molar-refractivity contribution in [1.29, 1.82) is 0 Å². The van der Waals surface area contributed by atoms with Crippen molar-refractivity contribution in [3.63, 3.8) is 0 Å². The molecule has 4 aromatic rings. The van der Waals surface area contributed by atoms with Gasteiger partial charge in [-0.2, -0.15) is 0 Å². The van der Waals surface area contributed by atoms with Crippen molar-refractivity contribution in [2.24, 2.45) is 0 Å². The molecule has 0 spiro atoms. The number of rotatable bonds is 2. The third-order valence-electron chi connectivity index (χ3n) is 5.25. The van der Waals surface area contributed by atoms with E-state index in [4.69, 9.17) is 0 Å². The van der Waals surface area contributed by atoms with Gasteiger partial charge in [-0.1, -0.05) is 78.6 Å². The van der Waals surface area contributed by atoms with Gasteiger partial charge in [0.15, 0.2) is 0 Å². The molecule has 0 aromatic heterocycles. The van der Waals surface area contributed by atoms with Crippen LogP contribution in [0.3, 0.4) is 0 Å². The van der Waals surface area contributed by atoms with E-state index in [1.165, 1.54) is 43.8 Å². The summed E-state index contributed by atoms with van der Waals surface area (Å²) in [7, 11) is 1.08. The second-order valence-electron chi connectivity index (χ2n) is 8.47. The Morgan fingerprint density at radius 3 is 1.19 bits per heavy atom. The van der Waals surface area contributed by atoms with Crippen molar-refractivity contribution in [2.75, 3.05) is 0 Å². The first kappa shape index (κ1) is 32.9. The summed E-state index contributed by atoms with van der Waals surface area (Å²) in [5.74, 6) is 1.25. The van der Waals surface area contributed by atoms with Gasteiger partial charge >= 0.3 is 25.8 Å². The van der Waals surface area contributed by atoms with Gasteiger partial charge in [-0.25, -0.2) is 0 Å². The van der Waals surface area contributed by atoms with Gasteiger partial charge in [-0.3, -0.25) is 0 Å². The third kappa shape index (κ3) is 7.95.